The lowest BCUT2D eigenvalue weighted by Gasteiger charge is -2.58. The molecule has 0 aliphatic heterocycles. The minimum atomic E-state index is -0.655. The number of carboxylic acid groups (broad SMARTS) is 1. The van der Waals surface area contributed by atoms with Crippen LogP contribution in [0.15, 0.2) is 11.6 Å². The van der Waals surface area contributed by atoms with Gasteiger partial charge in [-0.1, -0.05) is 46.1 Å². The second-order valence-corrected chi connectivity index (χ2v) is 11.8. The maximum atomic E-state index is 12.0. The van der Waals surface area contributed by atoms with Gasteiger partial charge in [-0.2, -0.15) is 0 Å². The standard InChI is InChI=1S/C27H42O3/c1-17(6-5-7-18(2)25(29)30)22-10-11-23-21-9-8-19-16-20(28)12-14-26(19,3)24(21)13-15-27(22,23)4/h16-18,21-24H,5-15H2,1-4H3,(H,29,30)/t17?,18-,21?,22-,23?,24+,26+,27-/m1/s1. The molecule has 3 nitrogen and oxygen atoms in total. The quantitative estimate of drug-likeness (QED) is 0.528. The molecule has 4 aliphatic carbocycles. The van der Waals surface area contributed by atoms with Gasteiger partial charge in [0.1, 0.15) is 0 Å². The first kappa shape index (κ1) is 22.1. The Morgan fingerprint density at radius 2 is 1.83 bits per heavy atom. The Bertz CT molecular complexity index is 724. The van der Waals surface area contributed by atoms with Crippen LogP contribution < -0.4 is 0 Å². The number of fused-ring (bicyclic) bond motifs is 5. The Morgan fingerprint density at radius 1 is 1.07 bits per heavy atom. The van der Waals surface area contributed by atoms with Crippen LogP contribution in [0.25, 0.3) is 0 Å². The van der Waals surface area contributed by atoms with Crippen molar-refractivity contribution in [2.45, 2.75) is 98.3 Å². The van der Waals surface area contributed by atoms with Crippen LogP contribution in [0.4, 0.5) is 0 Å². The molecule has 3 heteroatoms. The molecular weight excluding hydrogens is 372 g/mol. The summed E-state index contributed by atoms with van der Waals surface area (Å²) >= 11 is 0. The van der Waals surface area contributed by atoms with Crippen LogP contribution in [-0.4, -0.2) is 16.9 Å². The van der Waals surface area contributed by atoms with Crippen molar-refractivity contribution in [3.05, 3.63) is 11.6 Å². The summed E-state index contributed by atoms with van der Waals surface area (Å²) < 4.78 is 0. The lowest BCUT2D eigenvalue weighted by Crippen LogP contribution is -2.50. The summed E-state index contributed by atoms with van der Waals surface area (Å²) in [7, 11) is 0. The molecule has 8 atom stereocenters. The van der Waals surface area contributed by atoms with Crippen molar-refractivity contribution in [3.63, 3.8) is 0 Å². The summed E-state index contributed by atoms with van der Waals surface area (Å²) in [6.45, 7) is 9.35. The first-order valence-corrected chi connectivity index (χ1v) is 12.6. The highest BCUT2D eigenvalue weighted by molar-refractivity contribution is 5.91. The molecular formula is C27H42O3. The van der Waals surface area contributed by atoms with E-state index in [2.05, 4.69) is 20.8 Å². The van der Waals surface area contributed by atoms with E-state index in [0.717, 1.165) is 55.8 Å². The van der Waals surface area contributed by atoms with E-state index >= 15 is 0 Å². The molecule has 0 aromatic rings. The van der Waals surface area contributed by atoms with Gasteiger partial charge in [-0.05, 0) is 97.9 Å². The Labute approximate surface area is 183 Å². The van der Waals surface area contributed by atoms with Crippen molar-refractivity contribution in [1.29, 1.82) is 0 Å². The van der Waals surface area contributed by atoms with Gasteiger partial charge >= 0.3 is 5.97 Å². The second-order valence-electron chi connectivity index (χ2n) is 11.8. The SMILES string of the molecule is CC(CCC[C@@H](C)C(=O)O)[C@H]1CCC2C3CCC4=CC(=O)CC[C@]4(C)[C@H]3CC[C@@]21C. The first-order chi connectivity index (χ1) is 14.2. The monoisotopic (exact) mass is 414 g/mol. The summed E-state index contributed by atoms with van der Waals surface area (Å²) in [4.78, 5) is 23.2. The Hall–Kier alpha value is -1.12. The van der Waals surface area contributed by atoms with E-state index in [1.807, 2.05) is 13.0 Å². The van der Waals surface area contributed by atoms with Crippen molar-refractivity contribution in [1.82, 2.24) is 0 Å². The molecule has 3 saturated carbocycles. The molecule has 0 bridgehead atoms. The summed E-state index contributed by atoms with van der Waals surface area (Å²) in [5, 5.41) is 9.16. The van der Waals surface area contributed by atoms with Gasteiger partial charge in [0.15, 0.2) is 5.78 Å². The molecule has 0 saturated heterocycles. The molecule has 1 N–H and O–H groups in total. The Kier molecular flexibility index (Phi) is 5.96. The maximum absolute atomic E-state index is 12.0. The number of carbonyl (C=O) groups excluding carboxylic acids is 1. The smallest absolute Gasteiger partial charge is 0.306 e. The molecule has 0 heterocycles. The van der Waals surface area contributed by atoms with E-state index in [1.54, 1.807) is 0 Å². The number of carboxylic acids is 1. The zero-order valence-electron chi connectivity index (χ0n) is 19.6. The van der Waals surface area contributed by atoms with Crippen molar-refractivity contribution in [3.8, 4) is 0 Å². The molecule has 0 aromatic heterocycles. The van der Waals surface area contributed by atoms with E-state index in [0.29, 0.717) is 17.1 Å². The highest BCUT2D eigenvalue weighted by Gasteiger charge is 2.59. The van der Waals surface area contributed by atoms with Crippen LogP contribution >= 0.6 is 0 Å². The zero-order chi connectivity index (χ0) is 21.7. The van der Waals surface area contributed by atoms with Crippen LogP contribution in [0.1, 0.15) is 98.3 Å². The van der Waals surface area contributed by atoms with Gasteiger partial charge in [0.25, 0.3) is 0 Å². The van der Waals surface area contributed by atoms with Crippen LogP contribution in [0.2, 0.25) is 0 Å². The zero-order valence-corrected chi connectivity index (χ0v) is 19.6. The van der Waals surface area contributed by atoms with Crippen LogP contribution in [-0.2, 0) is 9.59 Å². The van der Waals surface area contributed by atoms with E-state index in [4.69, 9.17) is 5.11 Å². The van der Waals surface area contributed by atoms with Gasteiger partial charge in [-0.25, -0.2) is 0 Å². The molecule has 168 valence electrons. The van der Waals surface area contributed by atoms with Gasteiger partial charge in [-0.15, -0.1) is 0 Å². The van der Waals surface area contributed by atoms with E-state index in [9.17, 15) is 9.59 Å². The third kappa shape index (κ3) is 3.58. The summed E-state index contributed by atoms with van der Waals surface area (Å²) in [5.41, 5.74) is 2.20. The maximum Gasteiger partial charge on any atom is 0.306 e. The minimum absolute atomic E-state index is 0.216. The molecule has 0 aromatic carbocycles. The molecule has 4 aliphatic rings. The van der Waals surface area contributed by atoms with Crippen molar-refractivity contribution < 1.29 is 14.7 Å². The summed E-state index contributed by atoms with van der Waals surface area (Å²) in [6, 6.07) is 0. The number of rotatable bonds is 6. The lowest BCUT2D eigenvalue weighted by molar-refractivity contribution is -0.141. The Morgan fingerprint density at radius 3 is 2.57 bits per heavy atom. The number of carbonyl (C=O) groups is 2. The summed E-state index contributed by atoms with van der Waals surface area (Å²) in [6.07, 6.45) is 14.7. The van der Waals surface area contributed by atoms with Gasteiger partial charge in [0.05, 0.1) is 5.92 Å². The van der Waals surface area contributed by atoms with E-state index in [-0.39, 0.29) is 11.3 Å². The fourth-order valence-corrected chi connectivity index (χ4v) is 8.61. The molecule has 3 fully saturated rings. The van der Waals surface area contributed by atoms with Crippen molar-refractivity contribution in [2.24, 2.45) is 46.3 Å². The predicted octanol–water partition coefficient (Wildman–Crippen LogP) is 6.66. The molecule has 3 unspecified atom stereocenters. The molecule has 0 spiro atoms. The predicted molar refractivity (Wildman–Crippen MR) is 120 cm³/mol. The van der Waals surface area contributed by atoms with Crippen molar-refractivity contribution >= 4 is 11.8 Å². The fourth-order valence-electron chi connectivity index (χ4n) is 8.61. The largest absolute Gasteiger partial charge is 0.481 e. The second kappa shape index (κ2) is 8.10. The topological polar surface area (TPSA) is 54.4 Å². The lowest BCUT2D eigenvalue weighted by atomic mass is 9.46. The van der Waals surface area contributed by atoms with Gasteiger partial charge in [0.2, 0.25) is 0 Å². The third-order valence-corrected chi connectivity index (χ3v) is 10.4. The highest BCUT2D eigenvalue weighted by Crippen LogP contribution is 2.67. The van der Waals surface area contributed by atoms with E-state index in [1.165, 1.54) is 44.1 Å². The Balaban J connectivity index is 1.44. The summed E-state index contributed by atoms with van der Waals surface area (Å²) in [5.74, 6) is 3.43. The molecule has 0 radical (unpaired) electrons. The highest BCUT2D eigenvalue weighted by atomic mass is 16.4. The number of hydrogen-bond acceptors (Lipinski definition) is 2. The molecule has 30 heavy (non-hydrogen) atoms. The normalized spacial score (nSPS) is 42.5. The third-order valence-electron chi connectivity index (χ3n) is 10.4. The molecule has 4 rings (SSSR count). The van der Waals surface area contributed by atoms with Gasteiger partial charge in [-0.3, -0.25) is 9.59 Å². The fraction of sp³-hybridized carbons (Fsp3) is 0.852. The number of aliphatic carboxylic acids is 1. The minimum Gasteiger partial charge on any atom is -0.481 e. The average Bonchev–Trinajstić information content (AvgIpc) is 3.05. The van der Waals surface area contributed by atoms with Gasteiger partial charge in [0, 0.05) is 6.42 Å². The van der Waals surface area contributed by atoms with Crippen molar-refractivity contribution in [2.75, 3.05) is 0 Å². The first-order valence-electron chi connectivity index (χ1n) is 12.6. The van der Waals surface area contributed by atoms with Crippen LogP contribution in [0, 0.1) is 46.3 Å². The van der Waals surface area contributed by atoms with Crippen LogP contribution in [0.3, 0.4) is 0 Å². The van der Waals surface area contributed by atoms with E-state index < -0.39 is 5.97 Å². The number of allylic oxidation sites excluding steroid dienone is 1. The average molecular weight is 415 g/mol. The van der Waals surface area contributed by atoms with Crippen LogP contribution in [0.5, 0.6) is 0 Å². The number of ketones is 1. The van der Waals surface area contributed by atoms with Gasteiger partial charge < -0.3 is 5.11 Å². The molecule has 0 amide bonds. The number of hydrogen-bond donors (Lipinski definition) is 1.